The molecule has 0 aliphatic carbocycles. The van der Waals surface area contributed by atoms with Gasteiger partial charge in [-0.15, -0.1) is 0 Å². The third kappa shape index (κ3) is 6.97. The van der Waals surface area contributed by atoms with Crippen molar-refractivity contribution in [1.82, 2.24) is 15.1 Å². The summed E-state index contributed by atoms with van der Waals surface area (Å²) in [5.74, 6) is 1.42. The summed E-state index contributed by atoms with van der Waals surface area (Å²) in [6.07, 6.45) is 5.51. The summed E-state index contributed by atoms with van der Waals surface area (Å²) in [4.78, 5) is 30.3. The molecule has 6 heteroatoms. The maximum Gasteiger partial charge on any atom is 0.236 e. The number of carbonyl (C=O) groups excluding carboxylic acids is 2. The molecule has 2 aliphatic heterocycles. The number of benzene rings is 2. The van der Waals surface area contributed by atoms with Gasteiger partial charge in [0.1, 0.15) is 12.4 Å². The molecule has 0 aromatic heterocycles. The quantitative estimate of drug-likeness (QED) is 0.636. The first-order valence-corrected chi connectivity index (χ1v) is 13.1. The number of piperidine rings is 1. The highest BCUT2D eigenvalue weighted by atomic mass is 16.5. The molecule has 4 rings (SSSR count). The minimum atomic E-state index is 0.0840. The minimum absolute atomic E-state index is 0.0840. The van der Waals surface area contributed by atoms with Crippen molar-refractivity contribution in [3.05, 3.63) is 77.4 Å². The first kappa shape index (κ1) is 26.0. The maximum atomic E-state index is 13.5. The molecular formula is C30H39N3O3. The number of amides is 2. The molecule has 0 spiro atoms. The van der Waals surface area contributed by atoms with E-state index in [0.29, 0.717) is 45.8 Å². The average Bonchev–Trinajstić information content (AvgIpc) is 2.84. The van der Waals surface area contributed by atoms with Crippen LogP contribution in [0.25, 0.3) is 0 Å². The Morgan fingerprint density at radius 3 is 2.69 bits per heavy atom. The van der Waals surface area contributed by atoms with Crippen molar-refractivity contribution in [3.63, 3.8) is 0 Å². The monoisotopic (exact) mass is 489 g/mol. The van der Waals surface area contributed by atoms with Gasteiger partial charge in [0, 0.05) is 44.2 Å². The molecule has 1 N–H and O–H groups in total. The summed E-state index contributed by atoms with van der Waals surface area (Å²) in [7, 11) is 0. The van der Waals surface area contributed by atoms with Crippen LogP contribution < -0.4 is 10.1 Å². The van der Waals surface area contributed by atoms with Gasteiger partial charge >= 0.3 is 0 Å². The lowest BCUT2D eigenvalue weighted by Gasteiger charge is -2.38. The second-order valence-electron chi connectivity index (χ2n) is 10.4. The number of hydrogen-bond donors (Lipinski definition) is 1. The van der Waals surface area contributed by atoms with Crippen LogP contribution in [0, 0.1) is 18.8 Å². The van der Waals surface area contributed by atoms with E-state index in [0.717, 1.165) is 17.7 Å². The second kappa shape index (κ2) is 12.2. The highest BCUT2D eigenvalue weighted by Crippen LogP contribution is 2.29. The van der Waals surface area contributed by atoms with Crippen LogP contribution in [-0.4, -0.2) is 53.9 Å². The Kier molecular flexibility index (Phi) is 8.81. The Bertz CT molecular complexity index is 1080. The summed E-state index contributed by atoms with van der Waals surface area (Å²) in [6, 6.07) is 16.6. The normalized spacial score (nSPS) is 22.0. The van der Waals surface area contributed by atoms with Gasteiger partial charge in [0.05, 0.1) is 6.54 Å². The summed E-state index contributed by atoms with van der Waals surface area (Å²) in [5, 5.41) is 3.02. The van der Waals surface area contributed by atoms with E-state index in [2.05, 4.69) is 47.5 Å². The molecule has 0 saturated carbocycles. The molecule has 2 aliphatic rings. The van der Waals surface area contributed by atoms with Crippen molar-refractivity contribution in [2.45, 2.75) is 52.7 Å². The number of ether oxygens (including phenoxy) is 1. The van der Waals surface area contributed by atoms with E-state index in [4.69, 9.17) is 4.74 Å². The SMILES string of the molecule is Cc1ccccc1CN1CC(=O)N2CC[C@@H](CC(=O)NC(C)C)[C@@H](/C=C/COc3ccccc3C1)C2. The summed E-state index contributed by atoms with van der Waals surface area (Å²) in [5.41, 5.74) is 3.53. The van der Waals surface area contributed by atoms with Gasteiger partial charge in [-0.05, 0) is 56.2 Å². The molecule has 1 fully saturated rings. The number of rotatable bonds is 5. The van der Waals surface area contributed by atoms with E-state index < -0.39 is 0 Å². The first-order valence-electron chi connectivity index (χ1n) is 13.1. The average molecular weight is 490 g/mol. The van der Waals surface area contributed by atoms with E-state index >= 15 is 0 Å². The van der Waals surface area contributed by atoms with Crippen molar-refractivity contribution >= 4 is 11.8 Å². The second-order valence-corrected chi connectivity index (χ2v) is 10.4. The van der Waals surface area contributed by atoms with Gasteiger partial charge in [0.15, 0.2) is 0 Å². The first-order chi connectivity index (χ1) is 17.4. The van der Waals surface area contributed by atoms with Crippen LogP contribution in [0.15, 0.2) is 60.7 Å². The fourth-order valence-corrected chi connectivity index (χ4v) is 5.22. The Balaban J connectivity index is 1.57. The number of aryl methyl sites for hydroxylation is 1. The standard InChI is InChI=1S/C30H39N3O3/c1-22(2)31-29(34)17-24-14-15-33-20-26(24)12-8-16-36-28-13-7-6-11-27(28)19-32(21-30(33)35)18-25-10-5-4-9-23(25)3/h4-13,22,24,26H,14-21H2,1-3H3,(H,31,34)/b12-8+/t24-,26-/m0/s1. The fourth-order valence-electron chi connectivity index (χ4n) is 5.22. The lowest BCUT2D eigenvalue weighted by Crippen LogP contribution is -2.48. The van der Waals surface area contributed by atoms with Crippen molar-refractivity contribution in [3.8, 4) is 5.75 Å². The third-order valence-corrected chi connectivity index (χ3v) is 7.16. The van der Waals surface area contributed by atoms with Crippen LogP contribution in [0.1, 0.15) is 43.4 Å². The van der Waals surface area contributed by atoms with Crippen LogP contribution in [-0.2, 0) is 22.7 Å². The molecule has 1 saturated heterocycles. The van der Waals surface area contributed by atoms with E-state index in [-0.39, 0.29) is 29.7 Å². The Morgan fingerprint density at radius 2 is 1.89 bits per heavy atom. The lowest BCUT2D eigenvalue weighted by atomic mass is 9.82. The fraction of sp³-hybridized carbons (Fsp3) is 0.467. The zero-order valence-corrected chi connectivity index (χ0v) is 21.8. The number of nitrogens with one attached hydrogen (secondary N) is 1. The van der Waals surface area contributed by atoms with Gasteiger partial charge in [0.25, 0.3) is 0 Å². The number of carbonyl (C=O) groups is 2. The Labute approximate surface area is 215 Å². The Hall–Kier alpha value is -3.12. The predicted molar refractivity (Wildman–Crippen MR) is 142 cm³/mol. The third-order valence-electron chi connectivity index (χ3n) is 7.16. The zero-order valence-electron chi connectivity index (χ0n) is 21.8. The topological polar surface area (TPSA) is 61.9 Å². The molecule has 36 heavy (non-hydrogen) atoms. The van der Waals surface area contributed by atoms with E-state index in [1.807, 2.05) is 49.1 Å². The van der Waals surface area contributed by atoms with Crippen molar-refractivity contribution < 1.29 is 14.3 Å². The molecule has 2 heterocycles. The number of fused-ring (bicyclic) bond motifs is 3. The lowest BCUT2D eigenvalue weighted by molar-refractivity contribution is -0.135. The minimum Gasteiger partial charge on any atom is -0.489 e. The molecular weight excluding hydrogens is 450 g/mol. The number of nitrogens with zero attached hydrogens (tertiary/aromatic N) is 2. The van der Waals surface area contributed by atoms with Gasteiger partial charge < -0.3 is 15.0 Å². The van der Waals surface area contributed by atoms with Gasteiger partial charge in [-0.2, -0.15) is 0 Å². The molecule has 2 aromatic rings. The Morgan fingerprint density at radius 1 is 1.11 bits per heavy atom. The van der Waals surface area contributed by atoms with Gasteiger partial charge in [-0.3, -0.25) is 14.5 Å². The van der Waals surface area contributed by atoms with E-state index in [9.17, 15) is 9.59 Å². The molecule has 0 unspecified atom stereocenters. The summed E-state index contributed by atoms with van der Waals surface area (Å²) in [6.45, 7) is 9.54. The largest absolute Gasteiger partial charge is 0.489 e. The smallest absolute Gasteiger partial charge is 0.236 e. The van der Waals surface area contributed by atoms with Gasteiger partial charge in [-0.1, -0.05) is 54.6 Å². The van der Waals surface area contributed by atoms with E-state index in [1.54, 1.807) is 0 Å². The zero-order chi connectivity index (χ0) is 25.5. The molecule has 6 nitrogen and oxygen atoms in total. The van der Waals surface area contributed by atoms with Crippen molar-refractivity contribution in [2.24, 2.45) is 11.8 Å². The van der Waals surface area contributed by atoms with E-state index in [1.165, 1.54) is 11.1 Å². The van der Waals surface area contributed by atoms with Crippen LogP contribution in [0.4, 0.5) is 0 Å². The summed E-state index contributed by atoms with van der Waals surface area (Å²) >= 11 is 0. The van der Waals surface area contributed by atoms with Gasteiger partial charge in [0.2, 0.25) is 11.8 Å². The maximum absolute atomic E-state index is 13.5. The van der Waals surface area contributed by atoms with Crippen LogP contribution in [0.3, 0.4) is 0 Å². The van der Waals surface area contributed by atoms with Crippen LogP contribution in [0.5, 0.6) is 5.75 Å². The van der Waals surface area contributed by atoms with Crippen LogP contribution in [0.2, 0.25) is 0 Å². The van der Waals surface area contributed by atoms with Crippen LogP contribution >= 0.6 is 0 Å². The molecule has 2 bridgehead atoms. The van der Waals surface area contributed by atoms with Gasteiger partial charge in [-0.25, -0.2) is 0 Å². The molecule has 192 valence electrons. The molecule has 0 radical (unpaired) electrons. The molecule has 2 aromatic carbocycles. The molecule has 2 atom stereocenters. The highest BCUT2D eigenvalue weighted by Gasteiger charge is 2.32. The van der Waals surface area contributed by atoms with Crippen molar-refractivity contribution in [2.75, 3.05) is 26.2 Å². The van der Waals surface area contributed by atoms with Crippen molar-refractivity contribution in [1.29, 1.82) is 0 Å². The predicted octanol–water partition coefficient (Wildman–Crippen LogP) is 4.33. The number of hydrogen-bond acceptors (Lipinski definition) is 4. The highest BCUT2D eigenvalue weighted by molar-refractivity contribution is 5.79. The summed E-state index contributed by atoms with van der Waals surface area (Å²) < 4.78 is 6.17. The number of para-hydroxylation sites is 1. The molecule has 2 amide bonds.